The molecule has 33 heavy (non-hydrogen) atoms. The van der Waals surface area contributed by atoms with Crippen LogP contribution in [0.5, 0.6) is 0 Å². The maximum absolute atomic E-state index is 12.9. The first-order valence-electron chi connectivity index (χ1n) is 13.5. The van der Waals surface area contributed by atoms with Crippen molar-refractivity contribution in [3.8, 4) is 0 Å². The third-order valence-corrected chi connectivity index (χ3v) is 7.87. The van der Waals surface area contributed by atoms with Gasteiger partial charge in [-0.05, 0) is 67.8 Å². The Morgan fingerprint density at radius 2 is 1.61 bits per heavy atom. The smallest absolute Gasteiger partial charge is 0.222 e. The summed E-state index contributed by atoms with van der Waals surface area (Å²) in [6.07, 6.45) is 7.67. The second-order valence-corrected chi connectivity index (χ2v) is 10.4. The van der Waals surface area contributed by atoms with E-state index in [1.54, 1.807) is 0 Å². The molecule has 1 aliphatic heterocycles. The van der Waals surface area contributed by atoms with Gasteiger partial charge in [-0.3, -0.25) is 9.69 Å². The summed E-state index contributed by atoms with van der Waals surface area (Å²) in [6.45, 7) is 14.4. The third kappa shape index (κ3) is 9.05. The van der Waals surface area contributed by atoms with Crippen LogP contribution in [0.3, 0.4) is 0 Å². The van der Waals surface area contributed by atoms with Gasteiger partial charge in [0, 0.05) is 32.6 Å². The number of carbonyl (C=O) groups excluding carboxylic acids is 1. The van der Waals surface area contributed by atoms with Gasteiger partial charge in [0.25, 0.3) is 0 Å². The molecule has 1 amide bonds. The zero-order chi connectivity index (χ0) is 24.2. The molecule has 1 atom stereocenters. The minimum absolute atomic E-state index is 0.351. The van der Waals surface area contributed by atoms with Crippen LogP contribution in [0.15, 0.2) is 30.3 Å². The summed E-state index contributed by atoms with van der Waals surface area (Å²) >= 11 is 0. The van der Waals surface area contributed by atoms with E-state index in [2.05, 4.69) is 60.9 Å². The van der Waals surface area contributed by atoms with Crippen LogP contribution in [-0.4, -0.2) is 55.2 Å². The van der Waals surface area contributed by atoms with E-state index in [4.69, 9.17) is 4.74 Å². The number of carbonyl (C=O) groups is 1. The third-order valence-electron chi connectivity index (χ3n) is 7.87. The molecule has 1 saturated carbocycles. The van der Waals surface area contributed by atoms with Crippen LogP contribution in [0, 0.1) is 17.8 Å². The summed E-state index contributed by atoms with van der Waals surface area (Å²) in [5.74, 6) is 2.86. The van der Waals surface area contributed by atoms with Crippen molar-refractivity contribution in [2.45, 2.75) is 91.5 Å². The molecule has 1 aromatic carbocycles. The maximum atomic E-state index is 12.9. The number of benzene rings is 1. The topological polar surface area (TPSA) is 32.8 Å². The first kappa shape index (κ1) is 27.9. The van der Waals surface area contributed by atoms with Crippen molar-refractivity contribution in [1.82, 2.24) is 9.80 Å². The van der Waals surface area contributed by atoms with Gasteiger partial charge in [0.2, 0.25) is 5.91 Å². The Labute approximate surface area is 204 Å². The van der Waals surface area contributed by atoms with Crippen molar-refractivity contribution in [3.63, 3.8) is 0 Å². The van der Waals surface area contributed by atoms with Crippen LogP contribution in [-0.2, 0) is 9.53 Å². The maximum Gasteiger partial charge on any atom is 0.222 e. The lowest BCUT2D eigenvalue weighted by molar-refractivity contribution is -0.134. The van der Waals surface area contributed by atoms with Gasteiger partial charge < -0.3 is 9.64 Å². The molecule has 1 aromatic rings. The van der Waals surface area contributed by atoms with Crippen molar-refractivity contribution in [2.75, 3.05) is 33.5 Å². The Hall–Kier alpha value is -1.39. The molecule has 4 heteroatoms. The molecule has 0 radical (unpaired) electrons. The number of likely N-dealkylation sites (tertiary alicyclic amines) is 1. The first-order valence-corrected chi connectivity index (χ1v) is 13.5. The predicted molar refractivity (Wildman–Crippen MR) is 139 cm³/mol. The van der Waals surface area contributed by atoms with Gasteiger partial charge in [-0.2, -0.15) is 0 Å². The lowest BCUT2D eigenvalue weighted by Crippen LogP contribution is -2.46. The summed E-state index contributed by atoms with van der Waals surface area (Å²) in [7, 11) is 2.03. The van der Waals surface area contributed by atoms with E-state index in [9.17, 15) is 4.79 Å². The average Bonchev–Trinajstić information content (AvgIpc) is 2.86. The minimum Gasteiger partial charge on any atom is -0.366 e. The van der Waals surface area contributed by atoms with Crippen molar-refractivity contribution < 1.29 is 9.53 Å². The van der Waals surface area contributed by atoms with Crippen LogP contribution in [0.4, 0.5) is 0 Å². The fourth-order valence-electron chi connectivity index (χ4n) is 5.02. The van der Waals surface area contributed by atoms with E-state index in [1.165, 1.54) is 31.2 Å². The van der Waals surface area contributed by atoms with Crippen molar-refractivity contribution >= 4 is 5.91 Å². The van der Waals surface area contributed by atoms with Crippen LogP contribution in [0.2, 0.25) is 0 Å². The molecule has 1 heterocycles. The summed E-state index contributed by atoms with van der Waals surface area (Å²) in [5, 5.41) is 0. The first-order chi connectivity index (χ1) is 15.9. The Morgan fingerprint density at radius 3 is 2.18 bits per heavy atom. The SMILES string of the molecule is CC.CC(C)C(C)COCN1CCC(N(C)C(=O)CC2CCC(c3ccccc3)CC2)CC1. The Bertz CT molecular complexity index is 647. The molecule has 2 fully saturated rings. The molecule has 4 nitrogen and oxygen atoms in total. The second kappa shape index (κ2) is 14.8. The standard InChI is InChI=1S/C27H44N2O2.C2H6/c1-21(2)22(3)19-31-20-29-16-14-26(15-17-29)28(4)27(30)18-23-10-12-25(13-11-23)24-8-6-5-7-9-24;1-2/h5-9,21-23,25-26H,10-20H2,1-4H3;1-2H3. The summed E-state index contributed by atoms with van der Waals surface area (Å²) < 4.78 is 5.93. The van der Waals surface area contributed by atoms with Crippen molar-refractivity contribution in [2.24, 2.45) is 17.8 Å². The number of hydrogen-bond acceptors (Lipinski definition) is 3. The zero-order valence-electron chi connectivity index (χ0n) is 22.3. The molecule has 2 aliphatic rings. The van der Waals surface area contributed by atoms with Crippen LogP contribution in [0.25, 0.3) is 0 Å². The van der Waals surface area contributed by atoms with E-state index in [0.29, 0.717) is 35.6 Å². The normalized spacial score (nSPS) is 23.0. The van der Waals surface area contributed by atoms with E-state index < -0.39 is 0 Å². The molecule has 0 aromatic heterocycles. The Balaban J connectivity index is 0.00000187. The van der Waals surface area contributed by atoms with Gasteiger partial charge in [-0.15, -0.1) is 0 Å². The molecule has 188 valence electrons. The van der Waals surface area contributed by atoms with E-state index in [1.807, 2.05) is 20.9 Å². The van der Waals surface area contributed by atoms with E-state index in [0.717, 1.165) is 45.7 Å². The van der Waals surface area contributed by atoms with Gasteiger partial charge in [-0.1, -0.05) is 65.0 Å². The highest BCUT2D eigenvalue weighted by Gasteiger charge is 2.29. The monoisotopic (exact) mass is 458 g/mol. The van der Waals surface area contributed by atoms with Gasteiger partial charge in [0.1, 0.15) is 0 Å². The number of rotatable bonds is 9. The highest BCUT2D eigenvalue weighted by atomic mass is 16.5. The van der Waals surface area contributed by atoms with Gasteiger partial charge >= 0.3 is 0 Å². The van der Waals surface area contributed by atoms with Gasteiger partial charge in [0.15, 0.2) is 0 Å². The molecule has 1 unspecified atom stereocenters. The fourth-order valence-corrected chi connectivity index (χ4v) is 5.02. The molecular weight excluding hydrogens is 408 g/mol. The number of nitrogens with zero attached hydrogens (tertiary/aromatic N) is 2. The van der Waals surface area contributed by atoms with E-state index >= 15 is 0 Å². The lowest BCUT2D eigenvalue weighted by atomic mass is 9.77. The molecule has 1 aliphatic carbocycles. The minimum atomic E-state index is 0.351. The predicted octanol–water partition coefficient (Wildman–Crippen LogP) is 6.57. The summed E-state index contributed by atoms with van der Waals surface area (Å²) in [4.78, 5) is 17.4. The van der Waals surface area contributed by atoms with Crippen LogP contribution < -0.4 is 0 Å². The van der Waals surface area contributed by atoms with Crippen LogP contribution >= 0.6 is 0 Å². The molecule has 0 bridgehead atoms. The fraction of sp³-hybridized carbons (Fsp3) is 0.759. The van der Waals surface area contributed by atoms with Crippen molar-refractivity contribution in [3.05, 3.63) is 35.9 Å². The Kier molecular flexibility index (Phi) is 12.5. The second-order valence-electron chi connectivity index (χ2n) is 10.4. The van der Waals surface area contributed by atoms with Gasteiger partial charge in [0.05, 0.1) is 13.3 Å². The van der Waals surface area contributed by atoms with Crippen LogP contribution in [0.1, 0.15) is 91.0 Å². The highest BCUT2D eigenvalue weighted by Crippen LogP contribution is 2.37. The molecule has 1 saturated heterocycles. The lowest BCUT2D eigenvalue weighted by Gasteiger charge is -2.37. The van der Waals surface area contributed by atoms with Crippen molar-refractivity contribution in [1.29, 1.82) is 0 Å². The molecule has 0 N–H and O–H groups in total. The summed E-state index contributed by atoms with van der Waals surface area (Å²) in [6, 6.07) is 11.3. The van der Waals surface area contributed by atoms with Gasteiger partial charge in [-0.25, -0.2) is 0 Å². The summed E-state index contributed by atoms with van der Waals surface area (Å²) in [5.41, 5.74) is 1.47. The Morgan fingerprint density at radius 1 is 1.00 bits per heavy atom. The van der Waals surface area contributed by atoms with E-state index in [-0.39, 0.29) is 0 Å². The number of piperidine rings is 1. The quantitative estimate of drug-likeness (QED) is 0.420. The molecule has 3 rings (SSSR count). The largest absolute Gasteiger partial charge is 0.366 e. The number of ether oxygens (including phenoxy) is 1. The zero-order valence-corrected chi connectivity index (χ0v) is 22.3. The number of amides is 1. The molecular formula is C29H50N2O2. The number of hydrogen-bond donors (Lipinski definition) is 0. The molecule has 0 spiro atoms. The average molecular weight is 459 g/mol. The highest BCUT2D eigenvalue weighted by molar-refractivity contribution is 5.76.